The van der Waals surface area contributed by atoms with Crippen LogP contribution < -0.4 is 4.74 Å². The molecule has 2 aromatic carbocycles. The van der Waals surface area contributed by atoms with Gasteiger partial charge in [0.05, 0.1) is 0 Å². The Hall–Kier alpha value is -1.57. The van der Waals surface area contributed by atoms with Crippen LogP contribution in [0.2, 0.25) is 0 Å². The molecule has 2 aromatic rings. The average molecular weight is 270 g/mol. The second kappa shape index (κ2) is 9.64. The van der Waals surface area contributed by atoms with Crippen molar-refractivity contribution in [3.63, 3.8) is 0 Å². The molecule has 0 radical (unpaired) electrons. The van der Waals surface area contributed by atoms with Crippen molar-refractivity contribution in [2.75, 3.05) is 0 Å². The van der Waals surface area contributed by atoms with Crippen LogP contribution in [0, 0.1) is 0 Å². The van der Waals surface area contributed by atoms with Crippen molar-refractivity contribution in [1.82, 2.24) is 0 Å². The summed E-state index contributed by atoms with van der Waals surface area (Å²) in [7, 11) is 0. The molecule has 0 atom stereocenters. The summed E-state index contributed by atoms with van der Waals surface area (Å²) in [6.07, 6.45) is 3.03. The smallest absolute Gasteiger partial charge is 0.515 e. The van der Waals surface area contributed by atoms with Crippen LogP contribution in [0.1, 0.15) is 6.92 Å². The van der Waals surface area contributed by atoms with Crippen molar-refractivity contribution < 1.29 is 26.6 Å². The number of hydrogen-bond acceptors (Lipinski definition) is 2. The van der Waals surface area contributed by atoms with Crippen LogP contribution in [0.5, 0.6) is 5.75 Å². The molecule has 0 aromatic heterocycles. The molecule has 0 saturated heterocycles. The first-order valence-electron chi connectivity index (χ1n) is 5.06. The molecule has 0 fully saturated rings. The normalized spacial score (nSPS) is 9.00. The summed E-state index contributed by atoms with van der Waals surface area (Å²) in [5.41, 5.74) is 0. The van der Waals surface area contributed by atoms with Gasteiger partial charge in [0.25, 0.3) is 5.97 Å². The third-order valence-electron chi connectivity index (χ3n) is 1.71. The molecule has 3 heteroatoms. The fourth-order valence-electron chi connectivity index (χ4n) is 1.03. The molecule has 2 nitrogen and oxygen atoms in total. The molecule has 0 unspecified atom stereocenters. The van der Waals surface area contributed by atoms with Gasteiger partial charge in [-0.1, -0.05) is 6.08 Å². The van der Waals surface area contributed by atoms with E-state index in [4.69, 9.17) is 4.74 Å². The fraction of sp³-hybridized carbons (Fsp3) is 0.0714. The Morgan fingerprint density at radius 1 is 1.18 bits per heavy atom. The Morgan fingerprint density at radius 3 is 2.18 bits per heavy atom. The Labute approximate surface area is 112 Å². The molecule has 0 aliphatic carbocycles. The first kappa shape index (κ1) is 15.4. The van der Waals surface area contributed by atoms with Gasteiger partial charge in [0, 0.05) is 5.75 Å². The molecular formula is C14H14FeO2. The number of allylic oxidation sites excluding steroid dienone is 1. The molecule has 0 heterocycles. The van der Waals surface area contributed by atoms with Crippen LogP contribution in [0.25, 0.3) is 0 Å². The third-order valence-corrected chi connectivity index (χ3v) is 1.71. The van der Waals surface area contributed by atoms with Crippen LogP contribution in [-0.4, -0.2) is 5.97 Å². The van der Waals surface area contributed by atoms with Crippen LogP contribution in [0.3, 0.4) is 0 Å². The summed E-state index contributed by atoms with van der Waals surface area (Å²) >= 11 is 0. The van der Waals surface area contributed by atoms with Crippen molar-refractivity contribution in [3.05, 3.63) is 66.7 Å². The number of esters is 1. The molecule has 0 aliphatic rings. The Bertz CT molecular complexity index is 382. The molecule has 0 spiro atoms. The summed E-state index contributed by atoms with van der Waals surface area (Å²) in [6.45, 7) is 1.77. The van der Waals surface area contributed by atoms with E-state index >= 15 is 0 Å². The van der Waals surface area contributed by atoms with Crippen molar-refractivity contribution in [1.29, 1.82) is 0 Å². The van der Waals surface area contributed by atoms with Crippen molar-refractivity contribution in [2.24, 2.45) is 0 Å². The number of rotatable bonds is 2. The average Bonchev–Trinajstić information content (AvgIpc) is 2.92. The van der Waals surface area contributed by atoms with E-state index in [1.165, 1.54) is 6.08 Å². The van der Waals surface area contributed by atoms with Crippen LogP contribution in [0.15, 0.2) is 66.7 Å². The van der Waals surface area contributed by atoms with Crippen LogP contribution >= 0.6 is 0 Å². The predicted molar refractivity (Wildman–Crippen MR) is 64.5 cm³/mol. The second-order valence-corrected chi connectivity index (χ2v) is 3.00. The van der Waals surface area contributed by atoms with Gasteiger partial charge in [-0.25, -0.2) is 12.1 Å². The van der Waals surface area contributed by atoms with E-state index in [-0.39, 0.29) is 23.0 Å². The number of hydrogen-bond donors (Lipinski definition) is 0. The van der Waals surface area contributed by atoms with Crippen LogP contribution in [0.4, 0.5) is 0 Å². The zero-order valence-corrected chi connectivity index (χ0v) is 10.6. The minimum absolute atomic E-state index is 0. The number of carbonyl (C=O) groups excluding carboxylic acids is 1. The second-order valence-electron chi connectivity index (χ2n) is 3.00. The van der Waals surface area contributed by atoms with Gasteiger partial charge in [-0.05, 0) is 13.0 Å². The van der Waals surface area contributed by atoms with Gasteiger partial charge in [0.2, 0.25) is 0 Å². The van der Waals surface area contributed by atoms with Gasteiger partial charge < -0.3 is 9.53 Å². The van der Waals surface area contributed by atoms with E-state index < -0.39 is 0 Å². The summed E-state index contributed by atoms with van der Waals surface area (Å²) in [5, 5.41) is 0. The van der Waals surface area contributed by atoms with Crippen molar-refractivity contribution in [3.8, 4) is 5.75 Å². The minimum atomic E-state index is -0.335. The van der Waals surface area contributed by atoms with Gasteiger partial charge in [-0.15, -0.1) is 12.1 Å². The molecule has 0 saturated carbocycles. The maximum absolute atomic E-state index is 10.8. The molecule has 0 amide bonds. The Kier molecular flexibility index (Phi) is 8.75. The molecule has 0 N–H and O–H groups in total. The van der Waals surface area contributed by atoms with E-state index in [9.17, 15) is 4.79 Å². The topological polar surface area (TPSA) is 26.3 Å². The van der Waals surface area contributed by atoms with Gasteiger partial charge in [-0.3, -0.25) is 0 Å². The zero-order chi connectivity index (χ0) is 11.6. The van der Waals surface area contributed by atoms with E-state index in [1.807, 2.05) is 42.5 Å². The third kappa shape index (κ3) is 7.34. The maximum Gasteiger partial charge on any atom is 2.00 e. The molecule has 17 heavy (non-hydrogen) atoms. The largest absolute Gasteiger partial charge is 2.00 e. The molecular weight excluding hydrogens is 256 g/mol. The van der Waals surface area contributed by atoms with Gasteiger partial charge in [0.1, 0.15) is 0 Å². The van der Waals surface area contributed by atoms with E-state index in [0.717, 1.165) is 0 Å². The molecule has 0 bridgehead atoms. The van der Waals surface area contributed by atoms with Gasteiger partial charge >= 0.3 is 17.1 Å². The number of ether oxygens (including phenoxy) is 1. The number of carbonyl (C=O) groups is 1. The summed E-state index contributed by atoms with van der Waals surface area (Å²) in [5.74, 6) is 0.256. The standard InChI is InChI=1S/C9H9O2.C5H5.Fe/c1-2-5-9(10)11-8-6-3-4-7-8;1-2-4-5-3-1;/h2-7H,1H3;1-5H;/q2*-1;+2. The summed E-state index contributed by atoms with van der Waals surface area (Å²) in [6, 6.07) is 17.1. The predicted octanol–water partition coefficient (Wildman–Crippen LogP) is 3.29. The van der Waals surface area contributed by atoms with Gasteiger partial charge in [0.15, 0.2) is 0 Å². The quantitative estimate of drug-likeness (QED) is 0.362. The Morgan fingerprint density at radius 2 is 1.76 bits per heavy atom. The monoisotopic (exact) mass is 270 g/mol. The Balaban J connectivity index is 0.000000360. The van der Waals surface area contributed by atoms with E-state index in [0.29, 0.717) is 5.75 Å². The first-order valence-corrected chi connectivity index (χ1v) is 5.06. The van der Waals surface area contributed by atoms with Gasteiger partial charge in [-0.2, -0.15) is 30.3 Å². The summed E-state index contributed by atoms with van der Waals surface area (Å²) in [4.78, 5) is 10.8. The SMILES string of the molecule is CC=CC(=O)O[c-]1cccc1.[Fe+2].c1cc[cH-]c1. The molecule has 0 aliphatic heterocycles. The first-order chi connectivity index (χ1) is 7.83. The van der Waals surface area contributed by atoms with Crippen LogP contribution in [-0.2, 0) is 21.9 Å². The fourth-order valence-corrected chi connectivity index (χ4v) is 1.03. The minimum Gasteiger partial charge on any atom is -0.515 e. The molecule has 90 valence electrons. The maximum atomic E-state index is 10.8. The van der Waals surface area contributed by atoms with Crippen molar-refractivity contribution >= 4 is 5.97 Å². The van der Waals surface area contributed by atoms with Crippen molar-refractivity contribution in [2.45, 2.75) is 6.92 Å². The molecule has 2 rings (SSSR count). The van der Waals surface area contributed by atoms with E-state index in [1.54, 1.807) is 25.1 Å². The zero-order valence-electron chi connectivity index (χ0n) is 9.52. The summed E-state index contributed by atoms with van der Waals surface area (Å²) < 4.78 is 4.87. The van der Waals surface area contributed by atoms with E-state index in [2.05, 4.69) is 0 Å².